The lowest BCUT2D eigenvalue weighted by Gasteiger charge is -2.52. The van der Waals surface area contributed by atoms with Crippen molar-refractivity contribution in [2.45, 2.75) is 49.9 Å². The molecule has 3 unspecified atom stereocenters. The molecule has 3 atom stereocenters. The van der Waals surface area contributed by atoms with E-state index in [0.29, 0.717) is 18.5 Å². The van der Waals surface area contributed by atoms with E-state index in [1.165, 1.54) is 18.3 Å². The summed E-state index contributed by atoms with van der Waals surface area (Å²) in [5.41, 5.74) is 0.206. The zero-order valence-corrected chi connectivity index (χ0v) is 17.0. The predicted molar refractivity (Wildman–Crippen MR) is 108 cm³/mol. The molecule has 1 aliphatic heterocycles. The average Bonchev–Trinajstić information content (AvgIpc) is 2.78. The summed E-state index contributed by atoms with van der Waals surface area (Å²) in [5, 5.41) is 11.6. The fraction of sp³-hybridized carbons (Fsp3) is 0.478. The van der Waals surface area contributed by atoms with Gasteiger partial charge in [0, 0.05) is 30.8 Å². The molecule has 2 fully saturated rings. The summed E-state index contributed by atoms with van der Waals surface area (Å²) < 4.78 is 41.5. The van der Waals surface area contributed by atoms with Gasteiger partial charge in [0.2, 0.25) is 5.88 Å². The molecule has 2 aliphatic rings. The highest BCUT2D eigenvalue weighted by molar-refractivity contribution is 5.94. The topological polar surface area (TPSA) is 62.7 Å². The van der Waals surface area contributed by atoms with Crippen molar-refractivity contribution >= 4 is 5.91 Å². The maximum absolute atomic E-state index is 13.2. The van der Waals surface area contributed by atoms with Crippen molar-refractivity contribution in [3.63, 3.8) is 0 Å². The number of hydrogen-bond acceptors (Lipinski definition) is 4. The van der Waals surface area contributed by atoms with Gasteiger partial charge >= 0.3 is 6.18 Å². The van der Waals surface area contributed by atoms with Crippen LogP contribution < -0.4 is 4.74 Å². The fourth-order valence-electron chi connectivity index (χ4n) is 4.93. The number of hydrogen-bond donors (Lipinski definition) is 1. The van der Waals surface area contributed by atoms with Gasteiger partial charge in [0.05, 0.1) is 11.2 Å². The molecular weight excluding hydrogens is 409 g/mol. The Hall–Kier alpha value is -2.61. The molecule has 1 aliphatic carbocycles. The largest absolute Gasteiger partial charge is 0.468 e. The first-order valence-corrected chi connectivity index (χ1v) is 10.5. The number of amides is 1. The Morgan fingerprint density at radius 1 is 1.16 bits per heavy atom. The Morgan fingerprint density at radius 3 is 2.58 bits per heavy atom. The van der Waals surface area contributed by atoms with Crippen molar-refractivity contribution in [3.05, 3.63) is 59.8 Å². The summed E-state index contributed by atoms with van der Waals surface area (Å²) in [6.45, 7) is -1.03. The molecule has 5 nitrogen and oxygen atoms in total. The summed E-state index contributed by atoms with van der Waals surface area (Å²) in [4.78, 5) is 18.9. The van der Waals surface area contributed by atoms with Gasteiger partial charge in [-0.15, -0.1) is 0 Å². The van der Waals surface area contributed by atoms with E-state index in [2.05, 4.69) is 9.72 Å². The lowest BCUT2D eigenvalue weighted by Crippen LogP contribution is -2.59. The van der Waals surface area contributed by atoms with Gasteiger partial charge in [0.15, 0.2) is 6.61 Å². The first-order valence-electron chi connectivity index (χ1n) is 10.5. The minimum absolute atomic E-state index is 0.0660. The van der Waals surface area contributed by atoms with Gasteiger partial charge in [-0.1, -0.05) is 43.2 Å². The van der Waals surface area contributed by atoms with Gasteiger partial charge in [0.25, 0.3) is 5.91 Å². The van der Waals surface area contributed by atoms with Crippen LogP contribution in [0.5, 0.6) is 5.88 Å². The number of aliphatic hydroxyl groups is 1. The number of fused-ring (bicyclic) bond motifs is 1. The molecule has 1 aromatic heterocycles. The third kappa shape index (κ3) is 4.54. The van der Waals surface area contributed by atoms with E-state index in [9.17, 15) is 23.1 Å². The maximum atomic E-state index is 13.2. The number of halogens is 3. The quantitative estimate of drug-likeness (QED) is 0.779. The number of rotatable bonds is 4. The number of carbonyl (C=O) groups is 1. The van der Waals surface area contributed by atoms with Crippen LogP contribution in [0.1, 0.15) is 48.0 Å². The first-order chi connectivity index (χ1) is 14.8. The van der Waals surface area contributed by atoms with E-state index in [0.717, 1.165) is 31.2 Å². The van der Waals surface area contributed by atoms with Crippen LogP contribution in [0.25, 0.3) is 0 Å². The second kappa shape index (κ2) is 8.49. The molecule has 4 rings (SSSR count). The molecule has 1 saturated carbocycles. The van der Waals surface area contributed by atoms with Crippen LogP contribution in [-0.4, -0.2) is 46.3 Å². The monoisotopic (exact) mass is 434 g/mol. The molecule has 31 heavy (non-hydrogen) atoms. The minimum atomic E-state index is -4.45. The van der Waals surface area contributed by atoms with Crippen molar-refractivity contribution < 1.29 is 27.8 Å². The van der Waals surface area contributed by atoms with Crippen LogP contribution in [0.15, 0.2) is 48.7 Å². The van der Waals surface area contributed by atoms with Crippen molar-refractivity contribution in [2.24, 2.45) is 5.92 Å². The molecular formula is C23H25F3N2O3. The van der Waals surface area contributed by atoms with Crippen LogP contribution >= 0.6 is 0 Å². The van der Waals surface area contributed by atoms with Gasteiger partial charge in [-0.2, -0.15) is 13.2 Å². The highest BCUT2D eigenvalue weighted by Gasteiger charge is 2.50. The number of aromatic nitrogens is 1. The predicted octanol–water partition coefficient (Wildman–Crippen LogP) is 4.32. The van der Waals surface area contributed by atoms with Crippen LogP contribution in [0.2, 0.25) is 0 Å². The van der Waals surface area contributed by atoms with E-state index >= 15 is 0 Å². The lowest BCUT2D eigenvalue weighted by atomic mass is 9.66. The Morgan fingerprint density at radius 2 is 1.90 bits per heavy atom. The third-order valence-corrected chi connectivity index (χ3v) is 6.38. The van der Waals surface area contributed by atoms with Gasteiger partial charge in [-0.25, -0.2) is 4.98 Å². The smallest absolute Gasteiger partial charge is 0.422 e. The van der Waals surface area contributed by atoms with Crippen molar-refractivity contribution in [1.82, 2.24) is 9.88 Å². The number of pyridine rings is 1. The van der Waals surface area contributed by atoms with E-state index in [4.69, 9.17) is 0 Å². The number of piperidine rings is 1. The number of benzene rings is 1. The van der Waals surface area contributed by atoms with E-state index in [-0.39, 0.29) is 23.7 Å². The van der Waals surface area contributed by atoms with Crippen molar-refractivity contribution in [3.8, 4) is 5.88 Å². The van der Waals surface area contributed by atoms with Gasteiger partial charge < -0.3 is 14.7 Å². The Labute approximate surface area is 178 Å². The van der Waals surface area contributed by atoms with E-state index in [1.807, 2.05) is 30.3 Å². The van der Waals surface area contributed by atoms with Crippen molar-refractivity contribution in [1.29, 1.82) is 0 Å². The average molecular weight is 434 g/mol. The molecule has 1 amide bonds. The second-order valence-corrected chi connectivity index (χ2v) is 8.29. The molecule has 1 saturated heterocycles. The molecule has 0 spiro atoms. The number of alkyl halides is 3. The Kier molecular flexibility index (Phi) is 5.92. The van der Waals surface area contributed by atoms with Crippen LogP contribution in [0.4, 0.5) is 13.2 Å². The lowest BCUT2D eigenvalue weighted by molar-refractivity contribution is -0.154. The Balaban J connectivity index is 1.52. The van der Waals surface area contributed by atoms with Crippen LogP contribution in [0, 0.1) is 5.92 Å². The summed E-state index contributed by atoms with van der Waals surface area (Å²) in [5.74, 6) is -0.466. The Bertz CT molecular complexity index is 905. The molecule has 8 heteroatoms. The first kappa shape index (κ1) is 21.6. The summed E-state index contributed by atoms with van der Waals surface area (Å²) in [6, 6.07) is 12.2. The van der Waals surface area contributed by atoms with Crippen LogP contribution in [-0.2, 0) is 5.60 Å². The van der Waals surface area contributed by atoms with Crippen molar-refractivity contribution in [2.75, 3.05) is 13.2 Å². The highest BCUT2D eigenvalue weighted by atomic mass is 19.4. The normalized spacial score (nSPS) is 26.3. The maximum Gasteiger partial charge on any atom is 0.422 e. The SMILES string of the molecule is O=C(c1ccc(OCC(F)(F)F)nc1)N1CCC(O)(c2ccccc2)C2CCCCC21. The molecule has 1 aromatic carbocycles. The second-order valence-electron chi connectivity index (χ2n) is 8.29. The molecule has 1 N–H and O–H groups in total. The number of ether oxygens (including phenoxy) is 1. The van der Waals surface area contributed by atoms with Crippen LogP contribution in [0.3, 0.4) is 0 Å². The fourth-order valence-corrected chi connectivity index (χ4v) is 4.93. The summed E-state index contributed by atoms with van der Waals surface area (Å²) in [7, 11) is 0. The number of likely N-dealkylation sites (tertiary alicyclic amines) is 1. The van der Waals surface area contributed by atoms with E-state index in [1.54, 1.807) is 4.90 Å². The summed E-state index contributed by atoms with van der Waals surface area (Å²) in [6.07, 6.45) is 0.876. The molecule has 0 radical (unpaired) electrons. The van der Waals surface area contributed by atoms with Gasteiger partial charge in [-0.05, 0) is 30.9 Å². The van der Waals surface area contributed by atoms with Gasteiger partial charge in [0.1, 0.15) is 0 Å². The summed E-state index contributed by atoms with van der Waals surface area (Å²) >= 11 is 0. The highest BCUT2D eigenvalue weighted by Crippen LogP contribution is 2.47. The molecule has 2 aromatic rings. The molecule has 0 bridgehead atoms. The molecule has 2 heterocycles. The van der Waals surface area contributed by atoms with Gasteiger partial charge in [-0.3, -0.25) is 4.79 Å². The number of nitrogens with zero attached hydrogens (tertiary/aromatic N) is 2. The zero-order chi connectivity index (χ0) is 22.1. The molecule has 166 valence electrons. The number of carbonyl (C=O) groups excluding carboxylic acids is 1. The standard InChI is InChI=1S/C23H25F3N2O3/c24-23(25,26)15-31-20-11-10-16(14-27-20)21(29)28-13-12-22(30,17-6-2-1-3-7-17)18-8-4-5-9-19(18)28/h1-3,6-7,10-11,14,18-19,30H,4-5,8-9,12-13,15H2. The van der Waals surface area contributed by atoms with E-state index < -0.39 is 18.4 Å². The zero-order valence-electron chi connectivity index (χ0n) is 17.0. The third-order valence-electron chi connectivity index (χ3n) is 6.38. The minimum Gasteiger partial charge on any atom is -0.468 e.